The molecule has 0 saturated carbocycles. The number of aliphatic hydroxyl groups is 2. The third-order valence-corrected chi connectivity index (χ3v) is 6.46. The van der Waals surface area contributed by atoms with E-state index in [-0.39, 0.29) is 25.5 Å². The molecule has 1 amide bonds. The third-order valence-electron chi connectivity index (χ3n) is 6.46. The lowest BCUT2D eigenvalue weighted by Crippen LogP contribution is -2.60. The first-order valence-corrected chi connectivity index (χ1v) is 12.2. The summed E-state index contributed by atoms with van der Waals surface area (Å²) in [5.74, 6) is -0.0578. The molecule has 37 heavy (non-hydrogen) atoms. The second-order valence-electron chi connectivity index (χ2n) is 8.95. The molecular weight excluding hydrogens is 472 g/mol. The maximum Gasteiger partial charge on any atom is 0.311 e. The third kappa shape index (κ3) is 5.93. The van der Waals surface area contributed by atoms with Crippen molar-refractivity contribution in [3.8, 4) is 5.75 Å². The average Bonchev–Trinajstić information content (AvgIpc) is 2.91. The van der Waals surface area contributed by atoms with Crippen molar-refractivity contribution in [2.45, 2.75) is 25.5 Å². The molecule has 194 valence electrons. The molecule has 0 aromatic heterocycles. The lowest BCUT2D eigenvalue weighted by molar-refractivity contribution is -0.162. The van der Waals surface area contributed by atoms with Crippen LogP contribution in [0.1, 0.15) is 22.7 Å². The molecule has 2 N–H and O–H groups in total. The first-order valence-electron chi connectivity index (χ1n) is 12.2. The van der Waals surface area contributed by atoms with Crippen LogP contribution in [0, 0.1) is 6.92 Å². The topological polar surface area (TPSA) is 99.5 Å². The average molecular weight is 505 g/mol. The van der Waals surface area contributed by atoms with Crippen molar-refractivity contribution < 1.29 is 29.3 Å². The first kappa shape index (κ1) is 26.2. The van der Waals surface area contributed by atoms with Crippen molar-refractivity contribution in [1.29, 1.82) is 0 Å². The highest BCUT2D eigenvalue weighted by Crippen LogP contribution is 2.41. The molecule has 3 aromatic rings. The maximum atomic E-state index is 13.2. The first-order chi connectivity index (χ1) is 17.9. The predicted octanol–water partition coefficient (Wildman–Crippen LogP) is 3.04. The molecule has 0 aliphatic carbocycles. The van der Waals surface area contributed by atoms with Gasteiger partial charge in [-0.1, -0.05) is 42.0 Å². The van der Waals surface area contributed by atoms with Crippen molar-refractivity contribution in [1.82, 2.24) is 0 Å². The number of nitrogens with zero attached hydrogens (tertiary/aromatic N) is 2. The number of aliphatic hydroxyl groups excluding tert-OH is 2. The van der Waals surface area contributed by atoms with Crippen molar-refractivity contribution >= 4 is 23.3 Å². The summed E-state index contributed by atoms with van der Waals surface area (Å²) >= 11 is 0. The fourth-order valence-electron chi connectivity index (χ4n) is 4.48. The summed E-state index contributed by atoms with van der Waals surface area (Å²) in [5, 5.41) is 18.5. The predicted molar refractivity (Wildman–Crippen MR) is 141 cm³/mol. The van der Waals surface area contributed by atoms with Crippen molar-refractivity contribution in [3.63, 3.8) is 0 Å². The number of esters is 1. The lowest BCUT2D eigenvalue weighted by Gasteiger charge is -2.46. The van der Waals surface area contributed by atoms with E-state index in [2.05, 4.69) is 0 Å². The Balaban J connectivity index is 1.48. The van der Waals surface area contributed by atoms with Crippen LogP contribution in [0.25, 0.3) is 0 Å². The molecule has 8 heteroatoms. The minimum Gasteiger partial charge on any atom is -0.497 e. The van der Waals surface area contributed by atoms with E-state index in [0.717, 1.165) is 28.1 Å². The molecule has 1 aliphatic rings. The summed E-state index contributed by atoms with van der Waals surface area (Å²) in [6.45, 7) is 2.72. The molecule has 1 aliphatic heterocycles. The van der Waals surface area contributed by atoms with Gasteiger partial charge in [-0.15, -0.1) is 0 Å². The second-order valence-corrected chi connectivity index (χ2v) is 8.95. The zero-order chi connectivity index (χ0) is 26.4. The second kappa shape index (κ2) is 11.9. The van der Waals surface area contributed by atoms with Gasteiger partial charge in [-0.05, 0) is 54.4 Å². The standard InChI is InChI=1S/C29H32N2O6/c1-20-3-9-24(10-4-20)31-27(22-7-13-25(36-2)14-8-22)28(29(31)35)37-26(34)19-21-5-11-23(12-6-21)30(15-17-32)16-18-33/h3-14,27-28,32-33H,15-19H2,1-2H3. The number of hydrogen-bond donors (Lipinski definition) is 2. The van der Waals surface area contributed by atoms with E-state index < -0.39 is 18.1 Å². The molecule has 2 atom stereocenters. The number of ether oxygens (including phenoxy) is 2. The van der Waals surface area contributed by atoms with Gasteiger partial charge in [0, 0.05) is 24.5 Å². The van der Waals surface area contributed by atoms with Crippen molar-refractivity contribution in [2.24, 2.45) is 0 Å². The van der Waals surface area contributed by atoms with Crippen molar-refractivity contribution in [2.75, 3.05) is 43.2 Å². The van der Waals surface area contributed by atoms with E-state index in [1.54, 1.807) is 24.1 Å². The molecule has 0 spiro atoms. The number of β-lactam (4-membered cyclic amide) rings is 1. The summed E-state index contributed by atoms with van der Waals surface area (Å²) in [6, 6.07) is 21.9. The Morgan fingerprint density at radius 3 is 2.11 bits per heavy atom. The molecule has 0 radical (unpaired) electrons. The minimum absolute atomic E-state index is 0.0178. The van der Waals surface area contributed by atoms with Crippen LogP contribution in [0.5, 0.6) is 5.75 Å². The van der Waals surface area contributed by atoms with E-state index in [1.807, 2.05) is 72.5 Å². The normalized spacial score (nSPS) is 16.8. The zero-order valence-electron chi connectivity index (χ0n) is 21.0. The van der Waals surface area contributed by atoms with E-state index in [1.165, 1.54) is 0 Å². The lowest BCUT2D eigenvalue weighted by atomic mass is 9.89. The van der Waals surface area contributed by atoms with Gasteiger partial charge < -0.3 is 24.6 Å². The zero-order valence-corrected chi connectivity index (χ0v) is 21.0. The molecule has 0 bridgehead atoms. The number of methoxy groups -OCH3 is 1. The van der Waals surface area contributed by atoms with E-state index in [0.29, 0.717) is 18.8 Å². The van der Waals surface area contributed by atoms with Gasteiger partial charge >= 0.3 is 5.97 Å². The van der Waals surface area contributed by atoms with Crippen LogP contribution in [0.2, 0.25) is 0 Å². The Hall–Kier alpha value is -3.88. The fraction of sp³-hybridized carbons (Fsp3) is 0.310. The van der Waals surface area contributed by atoms with Crippen molar-refractivity contribution in [3.05, 3.63) is 89.5 Å². The summed E-state index contributed by atoms with van der Waals surface area (Å²) < 4.78 is 11.0. The van der Waals surface area contributed by atoms with E-state index in [4.69, 9.17) is 9.47 Å². The highest BCUT2D eigenvalue weighted by molar-refractivity contribution is 6.06. The van der Waals surface area contributed by atoms with Crippen LogP contribution in [-0.4, -0.2) is 61.6 Å². The van der Waals surface area contributed by atoms with Crippen LogP contribution in [-0.2, 0) is 20.7 Å². The molecule has 1 fully saturated rings. The Kier molecular flexibility index (Phi) is 8.43. The summed E-state index contributed by atoms with van der Waals surface area (Å²) in [6.07, 6.45) is -0.907. The molecular formula is C29H32N2O6. The Labute approximate surface area is 216 Å². The SMILES string of the molecule is COc1ccc(C2C(OC(=O)Cc3ccc(N(CCO)CCO)cc3)C(=O)N2c2ccc(C)cc2)cc1. The molecule has 1 saturated heterocycles. The number of carbonyl (C=O) groups excluding carboxylic acids is 2. The quantitative estimate of drug-likeness (QED) is 0.306. The monoisotopic (exact) mass is 504 g/mol. The smallest absolute Gasteiger partial charge is 0.311 e. The fourth-order valence-corrected chi connectivity index (χ4v) is 4.48. The Morgan fingerprint density at radius 1 is 0.919 bits per heavy atom. The molecule has 3 aromatic carbocycles. The molecule has 1 heterocycles. The largest absolute Gasteiger partial charge is 0.497 e. The van der Waals surface area contributed by atoms with Crippen LogP contribution in [0.15, 0.2) is 72.8 Å². The number of hydrogen-bond acceptors (Lipinski definition) is 7. The van der Waals surface area contributed by atoms with Crippen LogP contribution in [0.3, 0.4) is 0 Å². The minimum atomic E-state index is -0.925. The van der Waals surface area contributed by atoms with Gasteiger partial charge in [0.1, 0.15) is 11.8 Å². The van der Waals surface area contributed by atoms with Gasteiger partial charge in [0.25, 0.3) is 5.91 Å². The highest BCUT2D eigenvalue weighted by atomic mass is 16.6. The van der Waals surface area contributed by atoms with E-state index >= 15 is 0 Å². The highest BCUT2D eigenvalue weighted by Gasteiger charge is 2.51. The van der Waals surface area contributed by atoms with Crippen LogP contribution < -0.4 is 14.5 Å². The summed E-state index contributed by atoms with van der Waals surface area (Å²) in [5.41, 5.74) is 4.25. The van der Waals surface area contributed by atoms with E-state index in [9.17, 15) is 19.8 Å². The van der Waals surface area contributed by atoms with Gasteiger partial charge in [0.15, 0.2) is 0 Å². The maximum absolute atomic E-state index is 13.2. The number of aryl methyl sites for hydroxylation is 1. The van der Waals surface area contributed by atoms with Gasteiger partial charge in [0.05, 0.1) is 26.7 Å². The molecule has 4 rings (SSSR count). The van der Waals surface area contributed by atoms with Gasteiger partial charge in [-0.2, -0.15) is 0 Å². The van der Waals surface area contributed by atoms with Gasteiger partial charge in [-0.3, -0.25) is 14.5 Å². The number of amides is 1. The number of carbonyl (C=O) groups is 2. The number of rotatable bonds is 11. The van der Waals surface area contributed by atoms with Crippen LogP contribution >= 0.6 is 0 Å². The molecule has 8 nitrogen and oxygen atoms in total. The van der Waals surface area contributed by atoms with Crippen LogP contribution in [0.4, 0.5) is 11.4 Å². The summed E-state index contributed by atoms with van der Waals surface area (Å²) in [7, 11) is 1.59. The van der Waals surface area contributed by atoms with Gasteiger partial charge in [-0.25, -0.2) is 0 Å². The number of anilines is 2. The number of benzene rings is 3. The Morgan fingerprint density at radius 2 is 1.54 bits per heavy atom. The Bertz CT molecular complexity index is 1190. The molecule has 2 unspecified atom stereocenters. The summed E-state index contributed by atoms with van der Waals surface area (Å²) in [4.78, 5) is 29.5. The van der Waals surface area contributed by atoms with Gasteiger partial charge in [0.2, 0.25) is 6.10 Å².